The number of nitrogens with one attached hydrogen (secondary N) is 2. The van der Waals surface area contributed by atoms with Gasteiger partial charge in [-0.2, -0.15) is 10.2 Å². The number of sulfone groups is 1. The summed E-state index contributed by atoms with van der Waals surface area (Å²) in [6, 6.07) is 7.11. The normalized spacial score (nSPS) is 11.8. The maximum absolute atomic E-state index is 14.1. The Labute approximate surface area is 170 Å². The molecule has 1 aromatic carbocycles. The molecule has 30 heavy (non-hydrogen) atoms. The number of aryl methyl sites for hydroxylation is 1. The van der Waals surface area contributed by atoms with E-state index in [1.54, 1.807) is 24.5 Å². The SMILES string of the molecule is CS(=O)(=O)CCn1ccc(Nc2cc3[nH]ncc3c(Cc3c(F)cccc3F)n2)n1. The van der Waals surface area contributed by atoms with E-state index in [0.717, 1.165) is 0 Å². The molecule has 156 valence electrons. The highest BCUT2D eigenvalue weighted by Crippen LogP contribution is 2.25. The summed E-state index contributed by atoms with van der Waals surface area (Å²) in [7, 11) is -3.10. The van der Waals surface area contributed by atoms with Gasteiger partial charge in [-0.1, -0.05) is 6.07 Å². The van der Waals surface area contributed by atoms with Crippen LogP contribution < -0.4 is 5.32 Å². The van der Waals surface area contributed by atoms with E-state index >= 15 is 0 Å². The Morgan fingerprint density at radius 1 is 1.17 bits per heavy atom. The Morgan fingerprint density at radius 2 is 1.93 bits per heavy atom. The zero-order chi connectivity index (χ0) is 21.3. The van der Waals surface area contributed by atoms with E-state index < -0.39 is 21.5 Å². The molecule has 11 heteroatoms. The number of rotatable bonds is 7. The lowest BCUT2D eigenvalue weighted by Gasteiger charge is -2.09. The van der Waals surface area contributed by atoms with Crippen molar-refractivity contribution in [1.82, 2.24) is 25.0 Å². The van der Waals surface area contributed by atoms with E-state index in [1.807, 2.05) is 0 Å². The van der Waals surface area contributed by atoms with Crippen LogP contribution in [0.4, 0.5) is 20.4 Å². The highest BCUT2D eigenvalue weighted by Gasteiger charge is 2.15. The fourth-order valence-corrected chi connectivity index (χ4v) is 3.54. The second-order valence-corrected chi connectivity index (χ2v) is 9.14. The van der Waals surface area contributed by atoms with Crippen molar-refractivity contribution < 1.29 is 17.2 Å². The topological polar surface area (TPSA) is 106 Å². The van der Waals surface area contributed by atoms with Gasteiger partial charge >= 0.3 is 0 Å². The Morgan fingerprint density at radius 3 is 2.67 bits per heavy atom. The van der Waals surface area contributed by atoms with Gasteiger partial charge in [0.25, 0.3) is 0 Å². The van der Waals surface area contributed by atoms with Gasteiger partial charge < -0.3 is 5.32 Å². The number of aromatic nitrogens is 5. The number of nitrogens with zero attached hydrogens (tertiary/aromatic N) is 4. The number of hydrogen-bond donors (Lipinski definition) is 2. The first-order valence-corrected chi connectivity index (χ1v) is 11.1. The van der Waals surface area contributed by atoms with E-state index in [1.165, 1.54) is 29.1 Å². The molecule has 0 amide bonds. The third-order valence-electron chi connectivity index (χ3n) is 4.51. The van der Waals surface area contributed by atoms with E-state index in [0.29, 0.717) is 28.2 Å². The molecule has 0 bridgehead atoms. The lowest BCUT2D eigenvalue weighted by atomic mass is 10.1. The van der Waals surface area contributed by atoms with Crippen LogP contribution in [0.1, 0.15) is 11.3 Å². The summed E-state index contributed by atoms with van der Waals surface area (Å²) >= 11 is 0. The average molecular weight is 432 g/mol. The second kappa shape index (κ2) is 7.82. The zero-order valence-corrected chi connectivity index (χ0v) is 16.7. The summed E-state index contributed by atoms with van der Waals surface area (Å²) in [6.07, 6.45) is 4.32. The van der Waals surface area contributed by atoms with Crippen molar-refractivity contribution in [3.05, 3.63) is 65.6 Å². The van der Waals surface area contributed by atoms with Gasteiger partial charge in [-0.15, -0.1) is 0 Å². The smallest absolute Gasteiger partial charge is 0.153 e. The predicted octanol–water partition coefficient (Wildman–Crippen LogP) is 2.81. The zero-order valence-electron chi connectivity index (χ0n) is 15.9. The fourth-order valence-electron chi connectivity index (χ4n) is 3.02. The van der Waals surface area contributed by atoms with Crippen LogP contribution in [0, 0.1) is 11.6 Å². The van der Waals surface area contributed by atoms with Gasteiger partial charge in [0, 0.05) is 42.0 Å². The Bertz CT molecular complexity index is 1300. The van der Waals surface area contributed by atoms with Gasteiger partial charge in [0.2, 0.25) is 0 Å². The number of aromatic amines is 1. The van der Waals surface area contributed by atoms with Crippen LogP contribution in [0.5, 0.6) is 0 Å². The minimum atomic E-state index is -3.10. The van der Waals surface area contributed by atoms with E-state index in [2.05, 4.69) is 25.6 Å². The molecule has 4 aromatic rings. The average Bonchev–Trinajstić information content (AvgIpc) is 3.32. The third kappa shape index (κ3) is 4.46. The van der Waals surface area contributed by atoms with Crippen molar-refractivity contribution in [1.29, 1.82) is 0 Å². The van der Waals surface area contributed by atoms with Gasteiger partial charge in [0.15, 0.2) is 5.82 Å². The second-order valence-electron chi connectivity index (χ2n) is 6.88. The molecule has 0 atom stereocenters. The first kappa shape index (κ1) is 20.0. The number of pyridine rings is 1. The van der Waals surface area contributed by atoms with Crippen molar-refractivity contribution in [3.8, 4) is 0 Å². The summed E-state index contributed by atoms with van der Waals surface area (Å²) in [5.41, 5.74) is 1.02. The fraction of sp³-hybridized carbons (Fsp3) is 0.211. The van der Waals surface area contributed by atoms with E-state index in [-0.39, 0.29) is 24.3 Å². The number of hydrogen-bond acceptors (Lipinski definition) is 6. The van der Waals surface area contributed by atoms with Crippen LogP contribution >= 0.6 is 0 Å². The van der Waals surface area contributed by atoms with Crippen LogP contribution in [0.3, 0.4) is 0 Å². The standard InChI is InChI=1S/C19H18F2N6O2S/c1-30(28,29)8-7-27-6-5-18(26-27)24-19-10-17-13(11-22-25-17)16(23-19)9-12-14(20)3-2-4-15(12)21/h2-6,10-11H,7-9H2,1H3,(H,22,25)(H,23,24,26). The summed E-state index contributed by atoms with van der Waals surface area (Å²) in [4.78, 5) is 4.49. The highest BCUT2D eigenvalue weighted by molar-refractivity contribution is 7.90. The van der Waals surface area contributed by atoms with Crippen LogP contribution in [0.2, 0.25) is 0 Å². The van der Waals surface area contributed by atoms with Gasteiger partial charge in [-0.25, -0.2) is 22.2 Å². The van der Waals surface area contributed by atoms with Crippen molar-refractivity contribution in [2.75, 3.05) is 17.3 Å². The molecule has 0 aliphatic carbocycles. The third-order valence-corrected chi connectivity index (χ3v) is 5.43. The van der Waals surface area contributed by atoms with Gasteiger partial charge in [0.1, 0.15) is 27.3 Å². The van der Waals surface area contributed by atoms with Gasteiger partial charge in [-0.05, 0) is 12.1 Å². The molecular weight excluding hydrogens is 414 g/mol. The Kier molecular flexibility index (Phi) is 5.20. The monoisotopic (exact) mass is 432 g/mol. The number of H-pyrrole nitrogens is 1. The van der Waals surface area contributed by atoms with Gasteiger partial charge in [0.05, 0.1) is 29.7 Å². The molecule has 0 saturated heterocycles. The summed E-state index contributed by atoms with van der Waals surface area (Å²) in [5.74, 6) is -0.442. The van der Waals surface area contributed by atoms with Crippen LogP contribution in [0.25, 0.3) is 10.9 Å². The minimum absolute atomic E-state index is 0.0230. The number of anilines is 2. The number of fused-ring (bicyclic) bond motifs is 1. The molecule has 3 heterocycles. The van der Waals surface area contributed by atoms with Crippen LogP contribution in [-0.2, 0) is 22.8 Å². The maximum atomic E-state index is 14.1. The van der Waals surface area contributed by atoms with E-state index in [9.17, 15) is 17.2 Å². The molecule has 0 spiro atoms. The summed E-state index contributed by atoms with van der Waals surface area (Å²) < 4.78 is 52.3. The van der Waals surface area contributed by atoms with Crippen molar-refractivity contribution in [3.63, 3.8) is 0 Å². The Balaban J connectivity index is 1.61. The lowest BCUT2D eigenvalue weighted by molar-refractivity contribution is 0.561. The first-order valence-electron chi connectivity index (χ1n) is 9.02. The summed E-state index contributed by atoms with van der Waals surface area (Å²) in [6.45, 7) is 0.228. The quantitative estimate of drug-likeness (QED) is 0.465. The molecule has 0 aliphatic heterocycles. The Hall–Kier alpha value is -3.34. The molecule has 0 aliphatic rings. The van der Waals surface area contributed by atoms with Crippen LogP contribution in [0.15, 0.2) is 42.7 Å². The first-order chi connectivity index (χ1) is 14.3. The maximum Gasteiger partial charge on any atom is 0.153 e. The molecule has 3 aromatic heterocycles. The lowest BCUT2D eigenvalue weighted by Crippen LogP contribution is -2.11. The minimum Gasteiger partial charge on any atom is -0.323 e. The molecular formula is C19H18F2N6O2S. The number of benzene rings is 1. The van der Waals surface area contributed by atoms with Crippen molar-refractivity contribution in [2.45, 2.75) is 13.0 Å². The molecule has 0 radical (unpaired) electrons. The number of halogens is 2. The largest absolute Gasteiger partial charge is 0.323 e. The van der Waals surface area contributed by atoms with Crippen molar-refractivity contribution >= 4 is 32.4 Å². The van der Waals surface area contributed by atoms with Crippen molar-refractivity contribution in [2.24, 2.45) is 0 Å². The molecule has 0 unspecified atom stereocenters. The van der Waals surface area contributed by atoms with Crippen LogP contribution in [-0.4, -0.2) is 45.4 Å². The van der Waals surface area contributed by atoms with E-state index in [4.69, 9.17) is 0 Å². The predicted molar refractivity (Wildman–Crippen MR) is 108 cm³/mol. The van der Waals surface area contributed by atoms with Gasteiger partial charge in [-0.3, -0.25) is 9.78 Å². The molecule has 0 fully saturated rings. The molecule has 8 nitrogen and oxygen atoms in total. The highest BCUT2D eigenvalue weighted by atomic mass is 32.2. The molecule has 4 rings (SSSR count). The molecule has 2 N–H and O–H groups in total. The summed E-state index contributed by atoms with van der Waals surface area (Å²) in [5, 5.41) is 14.8. The molecule has 0 saturated carbocycles.